The second kappa shape index (κ2) is 6.63. The molecule has 1 aromatic heterocycles. The van der Waals surface area contributed by atoms with E-state index in [4.69, 9.17) is 10.5 Å². The molecule has 0 spiro atoms. The van der Waals surface area contributed by atoms with Crippen LogP contribution in [0.3, 0.4) is 0 Å². The van der Waals surface area contributed by atoms with Gasteiger partial charge in [-0.1, -0.05) is 0 Å². The van der Waals surface area contributed by atoms with E-state index in [1.807, 2.05) is 13.8 Å². The minimum atomic E-state index is -0.104. The number of nitrogen functional groups attached to an aromatic ring is 1. The summed E-state index contributed by atoms with van der Waals surface area (Å²) in [4.78, 5) is 21.2. The van der Waals surface area contributed by atoms with E-state index in [0.29, 0.717) is 30.5 Å². The van der Waals surface area contributed by atoms with Crippen LogP contribution in [0.25, 0.3) is 0 Å². The van der Waals surface area contributed by atoms with Crippen LogP contribution in [-0.2, 0) is 4.79 Å². The van der Waals surface area contributed by atoms with Gasteiger partial charge in [0.2, 0.25) is 11.8 Å². The highest BCUT2D eigenvalue weighted by Crippen LogP contribution is 2.27. The second-order valence-corrected chi connectivity index (χ2v) is 3.54. The molecule has 1 aromatic rings. The number of carbonyl (C=O) groups is 1. The Morgan fingerprint density at radius 1 is 1.50 bits per heavy atom. The Morgan fingerprint density at radius 3 is 2.78 bits per heavy atom. The summed E-state index contributed by atoms with van der Waals surface area (Å²) in [5, 5.41) is 2.56. The molecule has 0 radical (unpaired) electrons. The lowest BCUT2D eigenvalue weighted by molar-refractivity contribution is -0.119. The van der Waals surface area contributed by atoms with Crippen LogP contribution in [0.15, 0.2) is 6.33 Å². The molecule has 7 heteroatoms. The van der Waals surface area contributed by atoms with Gasteiger partial charge < -0.3 is 20.7 Å². The normalized spacial score (nSPS) is 9.94. The van der Waals surface area contributed by atoms with Crippen molar-refractivity contribution in [1.29, 1.82) is 0 Å². The van der Waals surface area contributed by atoms with Gasteiger partial charge in [0, 0.05) is 13.6 Å². The predicted octanol–water partition coefficient (Wildman–Crippen LogP) is 0.0298. The third-order valence-electron chi connectivity index (χ3n) is 2.40. The van der Waals surface area contributed by atoms with Gasteiger partial charge in [-0.3, -0.25) is 4.79 Å². The highest BCUT2D eigenvalue weighted by molar-refractivity contribution is 5.82. The highest BCUT2D eigenvalue weighted by atomic mass is 16.5. The average molecular weight is 253 g/mol. The van der Waals surface area contributed by atoms with Crippen molar-refractivity contribution in [3.63, 3.8) is 0 Å². The standard InChI is InChI=1S/C11H19N5O2/c1-4-16(6-8(17)13-3)10-9(12)11(18-5-2)15-7-14-10/h7H,4-6,12H2,1-3H3,(H,13,17). The van der Waals surface area contributed by atoms with Gasteiger partial charge in [-0.25, -0.2) is 4.98 Å². The summed E-state index contributed by atoms with van der Waals surface area (Å²) >= 11 is 0. The number of ether oxygens (including phenoxy) is 1. The fourth-order valence-electron chi connectivity index (χ4n) is 1.46. The number of hydrogen-bond donors (Lipinski definition) is 2. The molecule has 1 rings (SSSR count). The molecule has 7 nitrogen and oxygen atoms in total. The van der Waals surface area contributed by atoms with E-state index in [-0.39, 0.29) is 12.5 Å². The minimum absolute atomic E-state index is 0.104. The molecule has 0 fully saturated rings. The molecule has 1 heterocycles. The molecule has 0 saturated heterocycles. The van der Waals surface area contributed by atoms with Crippen LogP contribution < -0.4 is 20.7 Å². The Morgan fingerprint density at radius 2 is 2.22 bits per heavy atom. The maximum atomic E-state index is 11.4. The molecule has 0 unspecified atom stereocenters. The summed E-state index contributed by atoms with van der Waals surface area (Å²) in [7, 11) is 1.59. The zero-order valence-electron chi connectivity index (χ0n) is 10.9. The van der Waals surface area contributed by atoms with Crippen molar-refractivity contribution >= 4 is 17.4 Å². The summed E-state index contributed by atoms with van der Waals surface area (Å²) in [5.41, 5.74) is 6.29. The van der Waals surface area contributed by atoms with E-state index < -0.39 is 0 Å². The smallest absolute Gasteiger partial charge is 0.242 e. The molecule has 0 bridgehead atoms. The number of amides is 1. The lowest BCUT2D eigenvalue weighted by atomic mass is 10.3. The van der Waals surface area contributed by atoms with Crippen LogP contribution in [0.5, 0.6) is 5.88 Å². The Kier molecular flexibility index (Phi) is 5.16. The molecule has 0 aliphatic carbocycles. The maximum absolute atomic E-state index is 11.4. The van der Waals surface area contributed by atoms with Crippen LogP contribution in [-0.4, -0.2) is 42.6 Å². The van der Waals surface area contributed by atoms with E-state index in [2.05, 4.69) is 15.3 Å². The molecule has 0 aliphatic rings. The Labute approximate surface area is 106 Å². The van der Waals surface area contributed by atoms with Crippen molar-refractivity contribution in [2.24, 2.45) is 0 Å². The van der Waals surface area contributed by atoms with Gasteiger partial charge in [-0.05, 0) is 13.8 Å². The number of anilines is 2. The van der Waals surface area contributed by atoms with Crippen LogP contribution in [0, 0.1) is 0 Å². The number of carbonyl (C=O) groups excluding carboxylic acids is 1. The SMILES string of the molecule is CCOc1ncnc(N(CC)CC(=O)NC)c1N. The largest absolute Gasteiger partial charge is 0.476 e. The van der Waals surface area contributed by atoms with Crippen molar-refractivity contribution in [1.82, 2.24) is 15.3 Å². The molecular formula is C11H19N5O2. The topological polar surface area (TPSA) is 93.4 Å². The molecular weight excluding hydrogens is 234 g/mol. The fraction of sp³-hybridized carbons (Fsp3) is 0.545. The van der Waals surface area contributed by atoms with Gasteiger partial charge >= 0.3 is 0 Å². The molecule has 0 aromatic carbocycles. The van der Waals surface area contributed by atoms with Crippen molar-refractivity contribution in [3.05, 3.63) is 6.33 Å². The maximum Gasteiger partial charge on any atom is 0.242 e. The first-order valence-electron chi connectivity index (χ1n) is 5.82. The second-order valence-electron chi connectivity index (χ2n) is 3.54. The van der Waals surface area contributed by atoms with Gasteiger partial charge in [0.25, 0.3) is 0 Å². The molecule has 0 atom stereocenters. The fourth-order valence-corrected chi connectivity index (χ4v) is 1.46. The van der Waals surface area contributed by atoms with E-state index in [9.17, 15) is 4.79 Å². The summed E-state index contributed by atoms with van der Waals surface area (Å²) in [6, 6.07) is 0. The average Bonchev–Trinajstić information content (AvgIpc) is 2.38. The number of nitrogens with one attached hydrogen (secondary N) is 1. The predicted molar refractivity (Wildman–Crippen MR) is 69.6 cm³/mol. The highest BCUT2D eigenvalue weighted by Gasteiger charge is 2.16. The monoisotopic (exact) mass is 253 g/mol. The van der Waals surface area contributed by atoms with Gasteiger partial charge in [-0.15, -0.1) is 0 Å². The van der Waals surface area contributed by atoms with Crippen molar-refractivity contribution in [3.8, 4) is 5.88 Å². The van der Waals surface area contributed by atoms with Crippen LogP contribution >= 0.6 is 0 Å². The van der Waals surface area contributed by atoms with Crippen LogP contribution in [0.4, 0.5) is 11.5 Å². The zero-order valence-corrected chi connectivity index (χ0v) is 10.9. The molecule has 3 N–H and O–H groups in total. The van der Waals surface area contributed by atoms with Gasteiger partial charge in [0.15, 0.2) is 5.82 Å². The summed E-state index contributed by atoms with van der Waals surface area (Å²) in [5.74, 6) is 0.755. The number of rotatable bonds is 6. The van der Waals surface area contributed by atoms with E-state index in [1.165, 1.54) is 6.33 Å². The van der Waals surface area contributed by atoms with Gasteiger partial charge in [0.05, 0.1) is 13.2 Å². The van der Waals surface area contributed by atoms with E-state index in [0.717, 1.165) is 0 Å². The quantitative estimate of drug-likeness (QED) is 0.743. The van der Waals surface area contributed by atoms with E-state index in [1.54, 1.807) is 11.9 Å². The zero-order chi connectivity index (χ0) is 13.5. The van der Waals surface area contributed by atoms with Crippen molar-refractivity contribution in [2.75, 3.05) is 37.4 Å². The number of nitrogens with two attached hydrogens (primary N) is 1. The summed E-state index contributed by atoms with van der Waals surface area (Å²) in [6.45, 7) is 5.05. The Hall–Kier alpha value is -2.05. The third kappa shape index (κ3) is 3.22. The first kappa shape index (κ1) is 14.0. The molecule has 0 saturated carbocycles. The van der Waals surface area contributed by atoms with Crippen LogP contribution in [0.1, 0.15) is 13.8 Å². The van der Waals surface area contributed by atoms with Crippen LogP contribution in [0.2, 0.25) is 0 Å². The molecule has 18 heavy (non-hydrogen) atoms. The Balaban J connectivity index is 2.98. The van der Waals surface area contributed by atoms with Crippen molar-refractivity contribution in [2.45, 2.75) is 13.8 Å². The van der Waals surface area contributed by atoms with Gasteiger partial charge in [-0.2, -0.15) is 4.98 Å². The van der Waals surface area contributed by atoms with Gasteiger partial charge in [0.1, 0.15) is 12.0 Å². The first-order chi connectivity index (χ1) is 8.63. The number of aromatic nitrogens is 2. The lowest BCUT2D eigenvalue weighted by Gasteiger charge is -2.22. The lowest BCUT2D eigenvalue weighted by Crippen LogP contribution is -2.36. The minimum Gasteiger partial charge on any atom is -0.476 e. The number of likely N-dealkylation sites (N-methyl/N-ethyl adjacent to an activating group) is 2. The summed E-state index contributed by atoms with van der Waals surface area (Å²) in [6.07, 6.45) is 1.38. The molecule has 1 amide bonds. The van der Waals surface area contributed by atoms with E-state index >= 15 is 0 Å². The summed E-state index contributed by atoms with van der Waals surface area (Å²) < 4.78 is 5.30. The number of nitrogens with zero attached hydrogens (tertiary/aromatic N) is 3. The Bertz CT molecular complexity index is 410. The first-order valence-corrected chi connectivity index (χ1v) is 5.82. The molecule has 0 aliphatic heterocycles. The third-order valence-corrected chi connectivity index (χ3v) is 2.40. The van der Waals surface area contributed by atoms with Crippen molar-refractivity contribution < 1.29 is 9.53 Å². The molecule has 100 valence electrons. The number of hydrogen-bond acceptors (Lipinski definition) is 6.